The van der Waals surface area contributed by atoms with Gasteiger partial charge in [-0.15, -0.1) is 11.3 Å². The van der Waals surface area contributed by atoms with Crippen LogP contribution in [0.25, 0.3) is 0 Å². The third-order valence-electron chi connectivity index (χ3n) is 5.44. The van der Waals surface area contributed by atoms with E-state index in [4.69, 9.17) is 10.5 Å². The Bertz CT molecular complexity index is 1370. The third-order valence-corrected chi connectivity index (χ3v) is 6.20. The Morgan fingerprint density at radius 3 is 2.38 bits per heavy atom. The molecular weight excluding hydrogens is 566 g/mol. The van der Waals surface area contributed by atoms with Gasteiger partial charge < -0.3 is 36.8 Å². The maximum absolute atomic E-state index is 12.4. The number of nitrogens with one attached hydrogen (secondary N) is 5. The van der Waals surface area contributed by atoms with Crippen molar-refractivity contribution in [3.8, 4) is 5.75 Å². The van der Waals surface area contributed by atoms with E-state index in [1.54, 1.807) is 24.3 Å². The number of benzene rings is 2. The first kappa shape index (κ1) is 31.5. The van der Waals surface area contributed by atoms with E-state index in [2.05, 4.69) is 31.6 Å². The molecule has 222 valence electrons. The SMILES string of the molecule is NCCCOc1ccc(NC(=O)C[C@H](NC(=O)CNC(=O)c2csc(NC(=O)NCc3ccccc3)n2)C(=O)O)cc1. The fourth-order valence-electron chi connectivity index (χ4n) is 3.36. The number of carbonyl (C=O) groups excluding carboxylic acids is 4. The summed E-state index contributed by atoms with van der Waals surface area (Å²) in [4.78, 5) is 64.8. The lowest BCUT2D eigenvalue weighted by molar-refractivity contribution is -0.143. The number of urea groups is 1. The van der Waals surface area contributed by atoms with Gasteiger partial charge in [0, 0.05) is 17.6 Å². The van der Waals surface area contributed by atoms with E-state index in [1.165, 1.54) is 5.38 Å². The number of carboxylic acid groups (broad SMARTS) is 1. The van der Waals surface area contributed by atoms with E-state index < -0.39 is 48.7 Å². The summed E-state index contributed by atoms with van der Waals surface area (Å²) in [5.41, 5.74) is 6.70. The average molecular weight is 598 g/mol. The predicted octanol–water partition coefficient (Wildman–Crippen LogP) is 1.52. The molecule has 42 heavy (non-hydrogen) atoms. The summed E-state index contributed by atoms with van der Waals surface area (Å²) >= 11 is 1.01. The van der Waals surface area contributed by atoms with Gasteiger partial charge in [-0.2, -0.15) is 0 Å². The third kappa shape index (κ3) is 10.9. The van der Waals surface area contributed by atoms with Gasteiger partial charge in [0.1, 0.15) is 17.5 Å². The lowest BCUT2D eigenvalue weighted by atomic mass is 10.2. The van der Waals surface area contributed by atoms with Gasteiger partial charge in [-0.3, -0.25) is 19.7 Å². The minimum absolute atomic E-state index is 0.0453. The molecule has 1 heterocycles. The number of nitrogens with zero attached hydrogens (tertiary/aromatic N) is 1. The van der Waals surface area contributed by atoms with Crippen molar-refractivity contribution in [3.63, 3.8) is 0 Å². The monoisotopic (exact) mass is 597 g/mol. The Morgan fingerprint density at radius 1 is 0.952 bits per heavy atom. The number of hydrogen-bond donors (Lipinski definition) is 7. The van der Waals surface area contributed by atoms with Crippen molar-refractivity contribution >= 4 is 51.9 Å². The number of aromatic nitrogens is 1. The Hall–Kier alpha value is -5.02. The van der Waals surface area contributed by atoms with Gasteiger partial charge in [-0.25, -0.2) is 14.6 Å². The number of anilines is 2. The lowest BCUT2D eigenvalue weighted by Gasteiger charge is -2.15. The highest BCUT2D eigenvalue weighted by atomic mass is 32.1. The van der Waals surface area contributed by atoms with Crippen LogP contribution in [0.4, 0.5) is 15.6 Å². The van der Waals surface area contributed by atoms with E-state index in [0.717, 1.165) is 16.9 Å². The van der Waals surface area contributed by atoms with E-state index >= 15 is 0 Å². The van der Waals surface area contributed by atoms with E-state index in [9.17, 15) is 29.1 Å². The molecule has 0 saturated heterocycles. The van der Waals surface area contributed by atoms with Crippen LogP contribution in [0.3, 0.4) is 0 Å². The summed E-state index contributed by atoms with van der Waals surface area (Å²) in [5, 5.41) is 23.3. The van der Waals surface area contributed by atoms with Crippen molar-refractivity contribution < 1.29 is 33.8 Å². The topological polar surface area (TPSA) is 214 Å². The quantitative estimate of drug-likeness (QED) is 0.126. The van der Waals surface area contributed by atoms with Gasteiger partial charge in [0.05, 0.1) is 19.6 Å². The average Bonchev–Trinajstić information content (AvgIpc) is 3.44. The van der Waals surface area contributed by atoms with Crippen LogP contribution >= 0.6 is 11.3 Å². The number of ether oxygens (including phenoxy) is 1. The molecule has 3 aromatic rings. The maximum Gasteiger partial charge on any atom is 0.326 e. The molecule has 0 aliphatic carbocycles. The summed E-state index contributed by atoms with van der Waals surface area (Å²) in [5.74, 6) is -3.00. The molecule has 1 atom stereocenters. The number of carboxylic acids is 1. The second kappa shape index (κ2) is 16.3. The molecule has 14 nitrogen and oxygen atoms in total. The molecule has 15 heteroatoms. The molecule has 0 saturated carbocycles. The summed E-state index contributed by atoms with van der Waals surface area (Å²) in [6, 6.07) is 13.7. The number of aliphatic carboxylic acids is 1. The zero-order valence-corrected chi connectivity index (χ0v) is 23.2. The van der Waals surface area contributed by atoms with Crippen LogP contribution < -0.4 is 37.1 Å². The van der Waals surface area contributed by atoms with Gasteiger partial charge >= 0.3 is 12.0 Å². The van der Waals surface area contributed by atoms with Crippen molar-refractivity contribution in [1.82, 2.24) is 20.9 Å². The fourth-order valence-corrected chi connectivity index (χ4v) is 4.04. The number of hydrogen-bond acceptors (Lipinski definition) is 9. The van der Waals surface area contributed by atoms with Crippen molar-refractivity contribution in [2.24, 2.45) is 5.73 Å². The molecule has 1 aromatic heterocycles. The summed E-state index contributed by atoms with van der Waals surface area (Å²) in [6.45, 7) is 0.703. The van der Waals surface area contributed by atoms with E-state index in [1.807, 2.05) is 30.3 Å². The van der Waals surface area contributed by atoms with E-state index in [-0.39, 0.29) is 10.8 Å². The van der Waals surface area contributed by atoms with Crippen LogP contribution in [0.2, 0.25) is 0 Å². The summed E-state index contributed by atoms with van der Waals surface area (Å²) < 4.78 is 5.48. The minimum atomic E-state index is -1.53. The summed E-state index contributed by atoms with van der Waals surface area (Å²) in [6.07, 6.45) is 0.154. The molecule has 0 aliphatic rings. The number of thiazole rings is 1. The van der Waals surface area contributed by atoms with Crippen molar-refractivity contribution in [3.05, 3.63) is 71.2 Å². The summed E-state index contributed by atoms with van der Waals surface area (Å²) in [7, 11) is 0. The zero-order chi connectivity index (χ0) is 30.3. The molecule has 0 bridgehead atoms. The van der Waals surface area contributed by atoms with Gasteiger partial charge in [-0.1, -0.05) is 30.3 Å². The molecule has 0 spiro atoms. The highest BCUT2D eigenvalue weighted by Crippen LogP contribution is 2.17. The molecule has 8 N–H and O–H groups in total. The number of amides is 5. The first-order chi connectivity index (χ1) is 20.2. The Balaban J connectivity index is 1.41. The molecule has 0 radical (unpaired) electrons. The smallest absolute Gasteiger partial charge is 0.326 e. The van der Waals surface area contributed by atoms with Crippen molar-refractivity contribution in [2.75, 3.05) is 30.3 Å². The standard InChI is InChI=1S/C27H31N7O7S/c28-11-4-12-41-19-9-7-18(8-10-19)31-22(35)13-20(25(38)39)32-23(36)15-29-24(37)21-16-42-27(33-21)34-26(40)30-14-17-5-2-1-3-6-17/h1-3,5-10,16,20H,4,11-15,28H2,(H,29,37)(H,31,35)(H,32,36)(H,38,39)(H2,30,33,34,40)/t20-/m0/s1. The molecule has 5 amide bonds. The van der Waals surface area contributed by atoms with Gasteiger partial charge in [-0.05, 0) is 42.8 Å². The van der Waals surface area contributed by atoms with Gasteiger partial charge in [0.15, 0.2) is 5.13 Å². The Morgan fingerprint density at radius 2 is 1.69 bits per heavy atom. The van der Waals surface area contributed by atoms with Crippen LogP contribution in [-0.4, -0.2) is 65.6 Å². The first-order valence-electron chi connectivity index (χ1n) is 12.8. The molecule has 3 rings (SSSR count). The minimum Gasteiger partial charge on any atom is -0.494 e. The molecular formula is C27H31N7O7S. The number of rotatable bonds is 15. The number of nitrogens with two attached hydrogens (primary N) is 1. The van der Waals surface area contributed by atoms with Gasteiger partial charge in [0.2, 0.25) is 11.8 Å². The van der Waals surface area contributed by atoms with Crippen molar-refractivity contribution in [2.45, 2.75) is 25.4 Å². The normalized spacial score (nSPS) is 11.1. The van der Waals surface area contributed by atoms with Crippen LogP contribution in [0.15, 0.2) is 60.0 Å². The molecule has 0 fully saturated rings. The molecule has 2 aromatic carbocycles. The zero-order valence-electron chi connectivity index (χ0n) is 22.4. The van der Waals surface area contributed by atoms with Crippen LogP contribution in [0, 0.1) is 0 Å². The highest BCUT2D eigenvalue weighted by molar-refractivity contribution is 7.14. The maximum atomic E-state index is 12.4. The van der Waals surface area contributed by atoms with Crippen LogP contribution in [0.5, 0.6) is 5.75 Å². The second-order valence-corrected chi connectivity index (χ2v) is 9.60. The fraction of sp³-hybridized carbons (Fsp3) is 0.259. The van der Waals surface area contributed by atoms with E-state index in [0.29, 0.717) is 37.6 Å². The van der Waals surface area contributed by atoms with Crippen molar-refractivity contribution in [1.29, 1.82) is 0 Å². The Labute approximate surface area is 245 Å². The molecule has 0 unspecified atom stereocenters. The molecule has 0 aliphatic heterocycles. The van der Waals surface area contributed by atoms with Gasteiger partial charge in [0.25, 0.3) is 5.91 Å². The largest absolute Gasteiger partial charge is 0.494 e. The second-order valence-electron chi connectivity index (χ2n) is 8.74. The number of carbonyl (C=O) groups is 5. The van der Waals surface area contributed by atoms with Crippen LogP contribution in [0.1, 0.15) is 28.9 Å². The Kier molecular flexibility index (Phi) is 12.2. The lowest BCUT2D eigenvalue weighted by Crippen LogP contribution is -2.47. The predicted molar refractivity (Wildman–Crippen MR) is 155 cm³/mol. The highest BCUT2D eigenvalue weighted by Gasteiger charge is 2.24. The first-order valence-corrected chi connectivity index (χ1v) is 13.7. The van der Waals surface area contributed by atoms with Crippen LogP contribution in [-0.2, 0) is 20.9 Å².